The Kier molecular flexibility index (Phi) is 12.1. The minimum atomic E-state index is -0.558. The molecule has 2 aliphatic carbocycles. The fraction of sp³-hybridized carbons (Fsp3) is 0.548. The lowest BCUT2D eigenvalue weighted by molar-refractivity contribution is -0.133. The molecule has 3 amide bonds. The summed E-state index contributed by atoms with van der Waals surface area (Å²) in [5, 5.41) is 12.1. The second-order valence-electron chi connectivity index (χ2n) is 16.1. The molecule has 57 heavy (non-hydrogen) atoms. The van der Waals surface area contributed by atoms with Gasteiger partial charge in [-0.3, -0.25) is 24.6 Å². The molecule has 8 rings (SSSR count). The van der Waals surface area contributed by atoms with Crippen LogP contribution in [0, 0.1) is 17.6 Å². The highest BCUT2D eigenvalue weighted by atomic mass is 19.1. The maximum absolute atomic E-state index is 15.2. The Morgan fingerprint density at radius 2 is 1.54 bits per heavy atom. The molecule has 0 bridgehead atoms. The Balaban J connectivity index is 0.750. The fourth-order valence-electron chi connectivity index (χ4n) is 9.11. The van der Waals surface area contributed by atoms with Gasteiger partial charge in [-0.05, 0) is 88.1 Å². The molecule has 3 aliphatic heterocycles. The smallest absolute Gasteiger partial charge is 0.249 e. The minimum Gasteiger partial charge on any atom is -0.378 e. The maximum Gasteiger partial charge on any atom is 0.249 e. The van der Waals surface area contributed by atoms with Gasteiger partial charge in [0.1, 0.15) is 17.6 Å². The molecule has 1 aromatic heterocycles. The van der Waals surface area contributed by atoms with Crippen molar-refractivity contribution in [3.8, 4) is 11.3 Å². The summed E-state index contributed by atoms with van der Waals surface area (Å²) >= 11 is 0. The van der Waals surface area contributed by atoms with Crippen molar-refractivity contribution in [2.75, 3.05) is 72.9 Å². The molecule has 0 spiro atoms. The van der Waals surface area contributed by atoms with Crippen LogP contribution in [0.25, 0.3) is 11.3 Å². The Bertz CT molecular complexity index is 1910. The molecule has 15 heteroatoms. The molecule has 2 saturated carbocycles. The van der Waals surface area contributed by atoms with E-state index in [0.29, 0.717) is 61.7 Å². The van der Waals surface area contributed by atoms with E-state index in [1.165, 1.54) is 12.3 Å². The van der Waals surface area contributed by atoms with Gasteiger partial charge >= 0.3 is 0 Å². The summed E-state index contributed by atoms with van der Waals surface area (Å²) in [5.74, 6) is -0.868. The summed E-state index contributed by atoms with van der Waals surface area (Å²) < 4.78 is 35.7. The lowest BCUT2D eigenvalue weighted by Gasteiger charge is -2.42. The van der Waals surface area contributed by atoms with Gasteiger partial charge in [-0.1, -0.05) is 12.1 Å². The number of piperazine rings is 1. The van der Waals surface area contributed by atoms with Crippen molar-refractivity contribution in [3.05, 3.63) is 60.3 Å². The number of rotatable bonds is 10. The zero-order valence-electron chi connectivity index (χ0n) is 32.4. The van der Waals surface area contributed by atoms with Crippen LogP contribution >= 0.6 is 0 Å². The number of benzene rings is 2. The summed E-state index contributed by atoms with van der Waals surface area (Å²) in [4.78, 5) is 52.5. The predicted molar refractivity (Wildman–Crippen MR) is 214 cm³/mol. The highest BCUT2D eigenvalue weighted by Crippen LogP contribution is 2.32. The van der Waals surface area contributed by atoms with Gasteiger partial charge in [0.25, 0.3) is 0 Å². The number of amides is 3. The minimum absolute atomic E-state index is 0.0209. The molecule has 5 fully saturated rings. The van der Waals surface area contributed by atoms with E-state index < -0.39 is 11.9 Å². The normalized spacial score (nSPS) is 26.1. The summed E-state index contributed by atoms with van der Waals surface area (Å²) in [6, 6.07) is 12.9. The van der Waals surface area contributed by atoms with Crippen molar-refractivity contribution >= 4 is 40.7 Å². The van der Waals surface area contributed by atoms with Crippen LogP contribution < -0.4 is 31.1 Å². The van der Waals surface area contributed by atoms with Crippen LogP contribution in [0.15, 0.2) is 48.7 Å². The molecular formula is C42H53F2N9O4. The van der Waals surface area contributed by atoms with Gasteiger partial charge in [0.2, 0.25) is 23.7 Å². The molecule has 3 aromatic rings. The number of imide groups is 1. The van der Waals surface area contributed by atoms with E-state index in [1.54, 1.807) is 12.1 Å². The van der Waals surface area contributed by atoms with Gasteiger partial charge in [0, 0.05) is 86.7 Å². The topological polar surface area (TPSA) is 144 Å². The lowest BCUT2D eigenvalue weighted by atomic mass is 9.83. The molecule has 0 radical (unpaired) electrons. The molecule has 304 valence electrons. The quantitative estimate of drug-likeness (QED) is 0.213. The Labute approximate surface area is 332 Å². The Morgan fingerprint density at radius 3 is 2.28 bits per heavy atom. The van der Waals surface area contributed by atoms with Gasteiger partial charge in [-0.15, -0.1) is 0 Å². The van der Waals surface area contributed by atoms with Crippen molar-refractivity contribution < 1.29 is 27.9 Å². The Hall–Kier alpha value is -4.89. The number of carbonyl (C=O) groups excluding carboxylic acids is 3. The lowest BCUT2D eigenvalue weighted by Crippen LogP contribution is -2.52. The summed E-state index contributed by atoms with van der Waals surface area (Å²) in [6.45, 7) is 6.04. The van der Waals surface area contributed by atoms with E-state index in [9.17, 15) is 18.8 Å². The predicted octanol–water partition coefficient (Wildman–Crippen LogP) is 4.70. The summed E-state index contributed by atoms with van der Waals surface area (Å²) in [5.41, 5.74) is 3.08. The average Bonchev–Trinajstić information content (AvgIpc) is 3.24. The van der Waals surface area contributed by atoms with Gasteiger partial charge in [0.15, 0.2) is 5.82 Å². The first-order chi connectivity index (χ1) is 27.8. The highest BCUT2D eigenvalue weighted by Gasteiger charge is 2.33. The van der Waals surface area contributed by atoms with Crippen molar-refractivity contribution in [3.63, 3.8) is 0 Å². The largest absolute Gasteiger partial charge is 0.378 e. The van der Waals surface area contributed by atoms with Crippen LogP contribution in [-0.2, 0) is 19.1 Å². The molecular weight excluding hydrogens is 733 g/mol. The third-order valence-corrected chi connectivity index (χ3v) is 12.4. The molecule has 2 aromatic carbocycles. The van der Waals surface area contributed by atoms with Gasteiger partial charge in [-0.2, -0.15) is 0 Å². The van der Waals surface area contributed by atoms with Crippen LogP contribution in [0.1, 0.15) is 64.2 Å². The number of piperidine rings is 1. The van der Waals surface area contributed by atoms with Crippen molar-refractivity contribution in [2.24, 2.45) is 5.92 Å². The molecule has 4 N–H and O–H groups in total. The van der Waals surface area contributed by atoms with Crippen LogP contribution in [0.5, 0.6) is 0 Å². The molecule has 3 saturated heterocycles. The number of anilines is 4. The monoisotopic (exact) mass is 785 g/mol. The van der Waals surface area contributed by atoms with Crippen LogP contribution in [0.4, 0.5) is 31.8 Å². The van der Waals surface area contributed by atoms with Crippen LogP contribution in [-0.4, -0.2) is 109 Å². The maximum atomic E-state index is 15.2. The standard InChI is InChI=1S/C42H53F2N9O4/c43-34-25-31(46-36-13-15-38(54)49-41(36)56)10-14-37(34)53-18-16-51(17-19-53)32-11-4-27(5-12-32)40(55)47-29-6-8-30(9-7-29)48-42-45-26-35(44)39(50-42)28-2-1-3-33(24-28)52-20-22-57-23-21-52/h1-3,10,14,24-27,29-30,32,36,46H,4-9,11-13,15-23H2,(H,47,55)(H,45,48,50)(H,49,54,56)/t27-,29?,30?,32-,36?. The van der Waals surface area contributed by atoms with E-state index >= 15 is 4.39 Å². The zero-order valence-corrected chi connectivity index (χ0v) is 32.4. The first kappa shape index (κ1) is 39.0. The van der Waals surface area contributed by atoms with E-state index in [-0.39, 0.29) is 53.7 Å². The van der Waals surface area contributed by atoms with Gasteiger partial charge in [-0.25, -0.2) is 18.7 Å². The highest BCUT2D eigenvalue weighted by molar-refractivity contribution is 6.01. The number of hydrogen-bond acceptors (Lipinski definition) is 11. The number of ether oxygens (including phenoxy) is 1. The molecule has 4 heterocycles. The fourth-order valence-corrected chi connectivity index (χ4v) is 9.11. The number of nitrogens with one attached hydrogen (secondary N) is 4. The number of nitrogens with zero attached hydrogens (tertiary/aromatic N) is 5. The number of carbonyl (C=O) groups is 3. The third-order valence-electron chi connectivity index (χ3n) is 12.4. The number of halogens is 2. The van der Waals surface area contributed by atoms with Crippen LogP contribution in [0.3, 0.4) is 0 Å². The number of aromatic nitrogens is 2. The number of hydrogen-bond donors (Lipinski definition) is 4. The van der Waals surface area contributed by atoms with Crippen molar-refractivity contribution in [1.29, 1.82) is 0 Å². The average molecular weight is 786 g/mol. The first-order valence-corrected chi connectivity index (χ1v) is 20.7. The summed E-state index contributed by atoms with van der Waals surface area (Å²) in [7, 11) is 0. The van der Waals surface area contributed by atoms with E-state index in [2.05, 4.69) is 45.9 Å². The van der Waals surface area contributed by atoms with E-state index in [4.69, 9.17) is 4.74 Å². The molecule has 1 atom stereocenters. The molecule has 5 aliphatic rings. The first-order valence-electron chi connectivity index (χ1n) is 20.7. The molecule has 13 nitrogen and oxygen atoms in total. The van der Waals surface area contributed by atoms with Gasteiger partial charge in [0.05, 0.1) is 25.1 Å². The Morgan fingerprint density at radius 1 is 0.789 bits per heavy atom. The SMILES string of the molecule is O=C1CCC(Nc2ccc(N3CCN([C@H]4CC[C@H](C(=O)NC5CCC(Nc6ncc(F)c(-c7cccc(N8CCOCC8)c7)n6)CC5)CC4)CC3)c(F)c2)C(=O)N1. The summed E-state index contributed by atoms with van der Waals surface area (Å²) in [6.07, 6.45) is 9.00. The van der Waals surface area contributed by atoms with E-state index in [0.717, 1.165) is 83.2 Å². The number of morpholine rings is 1. The van der Waals surface area contributed by atoms with Crippen LogP contribution in [0.2, 0.25) is 0 Å². The third kappa shape index (κ3) is 9.47. The van der Waals surface area contributed by atoms with Crippen molar-refractivity contribution in [2.45, 2.75) is 88.4 Å². The zero-order chi connectivity index (χ0) is 39.3. The van der Waals surface area contributed by atoms with Crippen molar-refractivity contribution in [1.82, 2.24) is 25.5 Å². The van der Waals surface area contributed by atoms with Gasteiger partial charge < -0.3 is 30.5 Å². The second-order valence-corrected chi connectivity index (χ2v) is 16.1. The second kappa shape index (κ2) is 17.7. The molecule has 1 unspecified atom stereocenters. The van der Waals surface area contributed by atoms with E-state index in [1.807, 2.05) is 24.3 Å².